The lowest BCUT2D eigenvalue weighted by molar-refractivity contribution is -0.124. The SMILES string of the molecule is O=CC(Cc1ncc[nH]1)NC(=O)CCCCC1CCSS1. The number of unbranched alkanes of at least 4 members (excludes halogenated alkanes) is 1. The molecule has 21 heavy (non-hydrogen) atoms. The van der Waals surface area contributed by atoms with Gasteiger partial charge in [-0.15, -0.1) is 0 Å². The molecule has 1 aromatic rings. The fourth-order valence-corrected chi connectivity index (χ4v) is 5.28. The van der Waals surface area contributed by atoms with Crippen molar-refractivity contribution in [2.75, 3.05) is 5.75 Å². The quantitative estimate of drug-likeness (QED) is 0.414. The highest BCUT2D eigenvalue weighted by Crippen LogP contribution is 2.39. The standard InChI is InChI=1S/C14H21N3O2S2/c18-10-11(9-13-15-6-7-16-13)17-14(19)4-2-1-3-12-5-8-20-21-12/h6-7,10-12H,1-5,8-9H2,(H,15,16)(H,17,19). The number of rotatable bonds is 9. The van der Waals surface area contributed by atoms with E-state index in [0.29, 0.717) is 18.7 Å². The summed E-state index contributed by atoms with van der Waals surface area (Å²) in [4.78, 5) is 29.8. The van der Waals surface area contributed by atoms with Gasteiger partial charge in [0, 0.05) is 36.2 Å². The van der Waals surface area contributed by atoms with Crippen molar-refractivity contribution in [1.29, 1.82) is 0 Å². The zero-order valence-corrected chi connectivity index (χ0v) is 13.5. The monoisotopic (exact) mass is 327 g/mol. The van der Waals surface area contributed by atoms with E-state index in [4.69, 9.17) is 0 Å². The number of amides is 1. The third kappa shape index (κ3) is 6.13. The molecule has 0 saturated carbocycles. The molecule has 1 aromatic heterocycles. The van der Waals surface area contributed by atoms with Gasteiger partial charge in [0.05, 0.1) is 6.04 Å². The smallest absolute Gasteiger partial charge is 0.220 e. The van der Waals surface area contributed by atoms with Gasteiger partial charge in [0.15, 0.2) is 0 Å². The first kappa shape index (κ1) is 16.4. The van der Waals surface area contributed by atoms with Crippen LogP contribution >= 0.6 is 21.6 Å². The van der Waals surface area contributed by atoms with Crippen LogP contribution in [0.3, 0.4) is 0 Å². The lowest BCUT2D eigenvalue weighted by Gasteiger charge is -2.12. The summed E-state index contributed by atoms with van der Waals surface area (Å²) in [7, 11) is 3.93. The number of carbonyl (C=O) groups is 2. The van der Waals surface area contributed by atoms with Gasteiger partial charge in [-0.25, -0.2) is 4.98 Å². The average Bonchev–Trinajstić information content (AvgIpc) is 3.16. The van der Waals surface area contributed by atoms with E-state index in [1.54, 1.807) is 12.4 Å². The largest absolute Gasteiger partial charge is 0.349 e. The average molecular weight is 327 g/mol. The van der Waals surface area contributed by atoms with E-state index >= 15 is 0 Å². The van der Waals surface area contributed by atoms with Crippen LogP contribution in [-0.4, -0.2) is 39.2 Å². The van der Waals surface area contributed by atoms with Crippen molar-refractivity contribution in [1.82, 2.24) is 15.3 Å². The van der Waals surface area contributed by atoms with Crippen molar-refractivity contribution in [3.63, 3.8) is 0 Å². The lowest BCUT2D eigenvalue weighted by Crippen LogP contribution is -2.37. The molecule has 0 bridgehead atoms. The molecule has 2 N–H and O–H groups in total. The molecular weight excluding hydrogens is 306 g/mol. The number of H-pyrrole nitrogens is 1. The van der Waals surface area contributed by atoms with E-state index in [1.807, 2.05) is 21.6 Å². The van der Waals surface area contributed by atoms with E-state index in [1.165, 1.54) is 18.6 Å². The van der Waals surface area contributed by atoms with Crippen LogP contribution in [0.4, 0.5) is 0 Å². The van der Waals surface area contributed by atoms with Crippen LogP contribution in [0.2, 0.25) is 0 Å². The van der Waals surface area contributed by atoms with Crippen LogP contribution in [0, 0.1) is 0 Å². The van der Waals surface area contributed by atoms with E-state index < -0.39 is 6.04 Å². The van der Waals surface area contributed by atoms with Crippen molar-refractivity contribution >= 4 is 33.8 Å². The molecule has 116 valence electrons. The van der Waals surface area contributed by atoms with Crippen LogP contribution in [0.25, 0.3) is 0 Å². The van der Waals surface area contributed by atoms with Gasteiger partial charge in [0.1, 0.15) is 12.1 Å². The summed E-state index contributed by atoms with van der Waals surface area (Å²) >= 11 is 0. The van der Waals surface area contributed by atoms with Crippen molar-refractivity contribution in [2.24, 2.45) is 0 Å². The Labute approximate surface area is 132 Å². The maximum atomic E-state index is 11.8. The third-order valence-corrected chi connectivity index (χ3v) is 6.39. The van der Waals surface area contributed by atoms with Gasteiger partial charge in [0.2, 0.25) is 5.91 Å². The molecule has 2 unspecified atom stereocenters. The maximum Gasteiger partial charge on any atom is 0.220 e. The Balaban J connectivity index is 1.59. The molecule has 0 aromatic carbocycles. The molecule has 2 atom stereocenters. The van der Waals surface area contributed by atoms with Gasteiger partial charge in [-0.2, -0.15) is 0 Å². The van der Waals surface area contributed by atoms with E-state index in [2.05, 4.69) is 15.3 Å². The number of carbonyl (C=O) groups excluding carboxylic acids is 2. The van der Waals surface area contributed by atoms with Crippen molar-refractivity contribution in [3.05, 3.63) is 18.2 Å². The van der Waals surface area contributed by atoms with Crippen molar-refractivity contribution < 1.29 is 9.59 Å². The molecule has 5 nitrogen and oxygen atoms in total. The third-order valence-electron chi connectivity index (χ3n) is 3.39. The summed E-state index contributed by atoms with van der Waals surface area (Å²) < 4.78 is 0. The Morgan fingerprint density at radius 1 is 1.57 bits per heavy atom. The summed E-state index contributed by atoms with van der Waals surface area (Å²) in [5.41, 5.74) is 0. The van der Waals surface area contributed by atoms with Crippen LogP contribution in [0.15, 0.2) is 12.4 Å². The van der Waals surface area contributed by atoms with Gasteiger partial charge in [-0.1, -0.05) is 28.0 Å². The Morgan fingerprint density at radius 2 is 2.48 bits per heavy atom. The van der Waals surface area contributed by atoms with Crippen LogP contribution in [-0.2, 0) is 16.0 Å². The second kappa shape index (κ2) is 9.15. The van der Waals surface area contributed by atoms with Gasteiger partial charge >= 0.3 is 0 Å². The van der Waals surface area contributed by atoms with Crippen LogP contribution in [0.1, 0.15) is 37.9 Å². The molecule has 0 radical (unpaired) electrons. The number of aromatic nitrogens is 2. The normalized spacial score (nSPS) is 19.3. The Kier molecular flexibility index (Phi) is 7.15. The van der Waals surface area contributed by atoms with Gasteiger partial charge in [0.25, 0.3) is 0 Å². The molecule has 0 spiro atoms. The van der Waals surface area contributed by atoms with E-state index in [-0.39, 0.29) is 5.91 Å². The Hall–Kier alpha value is -0.950. The molecular formula is C14H21N3O2S2. The fraction of sp³-hybridized carbons (Fsp3) is 0.643. The second-order valence-electron chi connectivity index (χ2n) is 5.12. The fourth-order valence-electron chi connectivity index (χ4n) is 2.25. The number of hydrogen-bond acceptors (Lipinski definition) is 5. The highest BCUT2D eigenvalue weighted by molar-refractivity contribution is 8.77. The number of imidazole rings is 1. The molecule has 2 heterocycles. The molecule has 1 aliphatic heterocycles. The molecule has 1 fully saturated rings. The topological polar surface area (TPSA) is 74.8 Å². The minimum absolute atomic E-state index is 0.0490. The number of aromatic amines is 1. The molecule has 7 heteroatoms. The minimum atomic E-state index is -0.495. The highest BCUT2D eigenvalue weighted by Gasteiger charge is 2.16. The molecule has 1 saturated heterocycles. The zero-order valence-electron chi connectivity index (χ0n) is 11.9. The van der Waals surface area contributed by atoms with Gasteiger partial charge in [-0.05, 0) is 19.3 Å². The summed E-state index contributed by atoms with van der Waals surface area (Å²) in [5.74, 6) is 1.92. The predicted octanol–water partition coefficient (Wildman–Crippen LogP) is 2.35. The number of nitrogens with one attached hydrogen (secondary N) is 2. The van der Waals surface area contributed by atoms with Gasteiger partial charge < -0.3 is 15.1 Å². The first-order valence-electron chi connectivity index (χ1n) is 7.29. The Morgan fingerprint density at radius 3 is 3.14 bits per heavy atom. The first-order chi connectivity index (χ1) is 10.3. The van der Waals surface area contributed by atoms with Crippen LogP contribution in [0.5, 0.6) is 0 Å². The summed E-state index contributed by atoms with van der Waals surface area (Å²) in [6, 6.07) is -0.495. The first-order valence-corrected chi connectivity index (χ1v) is 9.67. The Bertz CT molecular complexity index is 433. The molecule has 0 aliphatic carbocycles. The molecule has 1 aliphatic rings. The van der Waals surface area contributed by atoms with E-state index in [9.17, 15) is 9.59 Å². The summed E-state index contributed by atoms with van der Waals surface area (Å²) in [6.45, 7) is 0. The maximum absolute atomic E-state index is 11.8. The van der Waals surface area contributed by atoms with Crippen LogP contribution < -0.4 is 5.32 Å². The highest BCUT2D eigenvalue weighted by atomic mass is 33.1. The zero-order chi connectivity index (χ0) is 14.9. The van der Waals surface area contributed by atoms with Crippen molar-refractivity contribution in [2.45, 2.75) is 49.8 Å². The summed E-state index contributed by atoms with van der Waals surface area (Å²) in [6.07, 6.45) is 9.47. The van der Waals surface area contributed by atoms with Gasteiger partial charge in [-0.3, -0.25) is 4.79 Å². The van der Waals surface area contributed by atoms with Crippen molar-refractivity contribution in [3.8, 4) is 0 Å². The number of nitrogens with zero attached hydrogens (tertiary/aromatic N) is 1. The minimum Gasteiger partial charge on any atom is -0.349 e. The molecule has 2 rings (SSSR count). The second-order valence-corrected chi connectivity index (χ2v) is 7.91. The number of aldehydes is 1. The number of hydrogen-bond donors (Lipinski definition) is 2. The molecule has 1 amide bonds. The lowest BCUT2D eigenvalue weighted by atomic mass is 10.1. The van der Waals surface area contributed by atoms with E-state index in [0.717, 1.165) is 24.4 Å². The summed E-state index contributed by atoms with van der Waals surface area (Å²) in [5, 5.41) is 3.52. The predicted molar refractivity (Wildman–Crippen MR) is 87.2 cm³/mol.